The van der Waals surface area contributed by atoms with Crippen molar-refractivity contribution in [2.24, 2.45) is 0 Å². The number of hydrogen-bond acceptors (Lipinski definition) is 3. The Labute approximate surface area is 119 Å². The Kier molecular flexibility index (Phi) is 3.29. The molecule has 1 aromatic carbocycles. The largest absolute Gasteiger partial charge is 0.491 e. The number of rotatable bonds is 1. The summed E-state index contributed by atoms with van der Waals surface area (Å²) in [6.07, 6.45) is 2.30. The van der Waals surface area contributed by atoms with Crippen molar-refractivity contribution in [3.8, 4) is 5.75 Å². The first-order valence-electron chi connectivity index (χ1n) is 6.04. The minimum absolute atomic E-state index is 0.0847. The van der Waals surface area contributed by atoms with Crippen LogP contribution >= 0.6 is 15.9 Å². The van der Waals surface area contributed by atoms with Crippen molar-refractivity contribution in [2.45, 2.75) is 6.42 Å². The highest BCUT2D eigenvalue weighted by atomic mass is 79.9. The highest BCUT2D eigenvalue weighted by molar-refractivity contribution is 9.10. The predicted octanol–water partition coefficient (Wildman–Crippen LogP) is 3.47. The Balaban J connectivity index is 2.01. The highest BCUT2D eigenvalue weighted by Crippen LogP contribution is 2.32. The van der Waals surface area contributed by atoms with Crippen LogP contribution in [0.2, 0.25) is 0 Å². The lowest BCUT2D eigenvalue weighted by Crippen LogP contribution is -2.31. The maximum atomic E-state index is 12.6. The average molecular weight is 322 g/mol. The Hall–Kier alpha value is -1.75. The quantitative estimate of drug-likeness (QED) is 0.807. The number of benzene rings is 1. The Morgan fingerprint density at radius 2 is 2.11 bits per heavy atom. The van der Waals surface area contributed by atoms with Gasteiger partial charge in [-0.05, 0) is 40.5 Å². The first kappa shape index (κ1) is 12.3. The van der Waals surface area contributed by atoms with Crippen molar-refractivity contribution in [3.05, 3.63) is 46.8 Å². The molecule has 0 unspecified atom stereocenters. The number of anilines is 1. The molecule has 0 saturated carbocycles. The standard InChI is InChI=1S/C14H12BrNO3/c15-13-10(6-9-19-13)14(17)16-7-3-8-18-12-5-2-1-4-11(12)16/h1-2,4-6,9H,3,7-8H2. The van der Waals surface area contributed by atoms with Crippen LogP contribution in [-0.4, -0.2) is 19.1 Å². The van der Waals surface area contributed by atoms with Gasteiger partial charge in [0.15, 0.2) is 4.67 Å². The van der Waals surface area contributed by atoms with Crippen molar-refractivity contribution < 1.29 is 13.9 Å². The third-order valence-corrected chi connectivity index (χ3v) is 3.65. The SMILES string of the molecule is O=C(c1ccoc1Br)N1CCCOc2ccccc21. The van der Waals surface area contributed by atoms with Gasteiger partial charge in [0.25, 0.3) is 5.91 Å². The number of hydrogen-bond donors (Lipinski definition) is 0. The van der Waals surface area contributed by atoms with Gasteiger partial charge in [0.2, 0.25) is 0 Å². The first-order chi connectivity index (χ1) is 9.27. The minimum Gasteiger partial charge on any atom is -0.491 e. The number of halogens is 1. The molecule has 2 heterocycles. The van der Waals surface area contributed by atoms with Crippen molar-refractivity contribution in [1.29, 1.82) is 0 Å². The Morgan fingerprint density at radius 1 is 1.26 bits per heavy atom. The van der Waals surface area contributed by atoms with E-state index in [1.54, 1.807) is 11.0 Å². The van der Waals surface area contributed by atoms with E-state index in [0.29, 0.717) is 23.4 Å². The van der Waals surface area contributed by atoms with E-state index in [-0.39, 0.29) is 5.91 Å². The topological polar surface area (TPSA) is 42.7 Å². The summed E-state index contributed by atoms with van der Waals surface area (Å²) in [5.74, 6) is 0.659. The normalized spacial score (nSPS) is 14.5. The lowest BCUT2D eigenvalue weighted by molar-refractivity contribution is 0.0985. The molecule has 0 atom stereocenters. The zero-order valence-corrected chi connectivity index (χ0v) is 11.7. The first-order valence-corrected chi connectivity index (χ1v) is 6.83. The minimum atomic E-state index is -0.0847. The van der Waals surface area contributed by atoms with Crippen molar-refractivity contribution in [1.82, 2.24) is 0 Å². The van der Waals surface area contributed by atoms with Crippen LogP contribution in [0.3, 0.4) is 0 Å². The molecule has 4 nitrogen and oxygen atoms in total. The molecule has 0 radical (unpaired) electrons. The van der Waals surface area contributed by atoms with Gasteiger partial charge >= 0.3 is 0 Å². The van der Waals surface area contributed by atoms with Gasteiger partial charge in [0, 0.05) is 6.54 Å². The van der Waals surface area contributed by atoms with Crippen molar-refractivity contribution in [2.75, 3.05) is 18.1 Å². The predicted molar refractivity (Wildman–Crippen MR) is 74.6 cm³/mol. The summed E-state index contributed by atoms with van der Waals surface area (Å²) in [6, 6.07) is 9.25. The van der Waals surface area contributed by atoms with E-state index < -0.39 is 0 Å². The molecule has 0 spiro atoms. The van der Waals surface area contributed by atoms with E-state index in [2.05, 4.69) is 15.9 Å². The zero-order valence-electron chi connectivity index (χ0n) is 10.1. The number of carbonyl (C=O) groups excluding carboxylic acids is 1. The third-order valence-electron chi connectivity index (χ3n) is 3.03. The second kappa shape index (κ2) is 5.09. The molecular weight excluding hydrogens is 310 g/mol. The van der Waals surface area contributed by atoms with Crippen molar-refractivity contribution in [3.63, 3.8) is 0 Å². The van der Waals surface area contributed by atoms with Gasteiger partial charge < -0.3 is 14.1 Å². The molecule has 0 N–H and O–H groups in total. The van der Waals surface area contributed by atoms with Gasteiger partial charge in [0.05, 0.1) is 24.1 Å². The smallest absolute Gasteiger partial charge is 0.262 e. The van der Waals surface area contributed by atoms with Crippen LogP contribution in [0.5, 0.6) is 5.75 Å². The molecule has 1 aromatic heterocycles. The number of ether oxygens (including phenoxy) is 1. The molecule has 0 bridgehead atoms. The van der Waals surface area contributed by atoms with Crippen LogP contribution in [0.25, 0.3) is 0 Å². The molecule has 0 aliphatic carbocycles. The monoisotopic (exact) mass is 321 g/mol. The Bertz CT molecular complexity index is 608. The van der Waals surface area contributed by atoms with Crippen LogP contribution < -0.4 is 9.64 Å². The van der Waals surface area contributed by atoms with Crippen LogP contribution in [-0.2, 0) is 0 Å². The molecule has 1 amide bonds. The summed E-state index contributed by atoms with van der Waals surface area (Å²) in [5, 5.41) is 0. The second-order valence-electron chi connectivity index (χ2n) is 4.23. The molecule has 2 aromatic rings. The van der Waals surface area contributed by atoms with Crippen LogP contribution in [0.1, 0.15) is 16.8 Å². The summed E-state index contributed by atoms with van der Waals surface area (Å²) in [5.41, 5.74) is 1.33. The summed E-state index contributed by atoms with van der Waals surface area (Å²) in [6.45, 7) is 1.25. The average Bonchev–Trinajstić information content (AvgIpc) is 2.74. The summed E-state index contributed by atoms with van der Waals surface area (Å²) in [4.78, 5) is 14.3. The molecule has 1 aliphatic heterocycles. The van der Waals surface area contributed by atoms with Crippen molar-refractivity contribution >= 4 is 27.5 Å². The van der Waals surface area contributed by atoms with Crippen LogP contribution in [0, 0.1) is 0 Å². The maximum absolute atomic E-state index is 12.6. The maximum Gasteiger partial charge on any atom is 0.262 e. The molecule has 19 heavy (non-hydrogen) atoms. The van der Waals surface area contributed by atoms with Crippen LogP contribution in [0.15, 0.2) is 45.7 Å². The molecule has 3 rings (SSSR count). The number of nitrogens with zero attached hydrogens (tertiary/aromatic N) is 1. The molecule has 0 saturated heterocycles. The molecule has 5 heteroatoms. The van der Waals surface area contributed by atoms with E-state index in [9.17, 15) is 4.79 Å². The number of para-hydroxylation sites is 2. The third kappa shape index (κ3) is 2.26. The zero-order chi connectivity index (χ0) is 13.2. The van der Waals surface area contributed by atoms with Crippen LogP contribution in [0.4, 0.5) is 5.69 Å². The number of carbonyl (C=O) groups is 1. The van der Waals surface area contributed by atoms with Gasteiger partial charge in [-0.3, -0.25) is 4.79 Å². The summed E-state index contributed by atoms with van der Waals surface area (Å²) < 4.78 is 11.2. The van der Waals surface area contributed by atoms with Gasteiger partial charge in [-0.15, -0.1) is 0 Å². The van der Waals surface area contributed by atoms with E-state index >= 15 is 0 Å². The fourth-order valence-corrected chi connectivity index (χ4v) is 2.54. The second-order valence-corrected chi connectivity index (χ2v) is 4.95. The van der Waals surface area contributed by atoms with Gasteiger partial charge in [-0.25, -0.2) is 0 Å². The number of amides is 1. The van der Waals surface area contributed by atoms with E-state index in [1.165, 1.54) is 6.26 Å². The Morgan fingerprint density at radius 3 is 2.89 bits per heavy atom. The number of furan rings is 1. The lowest BCUT2D eigenvalue weighted by Gasteiger charge is -2.21. The fourth-order valence-electron chi connectivity index (χ4n) is 2.13. The van der Waals surface area contributed by atoms with E-state index in [4.69, 9.17) is 9.15 Å². The lowest BCUT2D eigenvalue weighted by atomic mass is 10.2. The molecule has 98 valence electrons. The fraction of sp³-hybridized carbons (Fsp3) is 0.214. The van der Waals surface area contributed by atoms with Gasteiger partial charge in [-0.1, -0.05) is 12.1 Å². The molecular formula is C14H12BrNO3. The molecule has 0 fully saturated rings. The summed E-state index contributed by atoms with van der Waals surface area (Å²) >= 11 is 3.25. The van der Waals surface area contributed by atoms with E-state index in [0.717, 1.165) is 17.9 Å². The van der Waals surface area contributed by atoms with Gasteiger partial charge in [-0.2, -0.15) is 0 Å². The van der Waals surface area contributed by atoms with E-state index in [1.807, 2.05) is 24.3 Å². The molecule has 1 aliphatic rings. The highest BCUT2D eigenvalue weighted by Gasteiger charge is 2.25. The van der Waals surface area contributed by atoms with Gasteiger partial charge in [0.1, 0.15) is 5.75 Å². The number of fused-ring (bicyclic) bond motifs is 1. The summed E-state index contributed by atoms with van der Waals surface area (Å²) in [7, 11) is 0.